The normalized spacial score (nSPS) is 21.0. The molecule has 3 rings (SSSR count). The highest BCUT2D eigenvalue weighted by Gasteiger charge is 2.52. The van der Waals surface area contributed by atoms with Gasteiger partial charge in [0.2, 0.25) is 12.7 Å². The van der Waals surface area contributed by atoms with Crippen LogP contribution in [0.4, 0.5) is 4.39 Å². The number of hydrogen-bond acceptors (Lipinski definition) is 8. The summed E-state index contributed by atoms with van der Waals surface area (Å²) >= 11 is 1.40. The molecule has 162 valence electrons. The topological polar surface area (TPSA) is 108 Å². The number of fused-ring (bicyclic) bond motifs is 1. The van der Waals surface area contributed by atoms with E-state index in [0.29, 0.717) is 11.3 Å². The highest BCUT2D eigenvalue weighted by atomic mass is 32.2. The van der Waals surface area contributed by atoms with Crippen LogP contribution >= 0.6 is 11.8 Å². The van der Waals surface area contributed by atoms with Crippen molar-refractivity contribution in [3.63, 3.8) is 0 Å². The highest BCUT2D eigenvalue weighted by Crippen LogP contribution is 2.40. The number of halogens is 1. The first-order chi connectivity index (χ1) is 14.1. The Hall–Kier alpha value is -2.59. The van der Waals surface area contributed by atoms with Gasteiger partial charge in [0.05, 0.1) is 5.41 Å². The van der Waals surface area contributed by atoms with Crippen molar-refractivity contribution in [3.05, 3.63) is 41.4 Å². The molecular weight excluding hydrogens is 415 g/mol. The van der Waals surface area contributed by atoms with Crippen LogP contribution < -0.4 is 10.5 Å². The maximum Gasteiger partial charge on any atom is 0.358 e. The van der Waals surface area contributed by atoms with Crippen molar-refractivity contribution in [2.24, 2.45) is 11.1 Å². The van der Waals surface area contributed by atoms with Crippen LogP contribution in [0.1, 0.15) is 20.8 Å². The first kappa shape index (κ1) is 22.1. The van der Waals surface area contributed by atoms with Crippen LogP contribution in [-0.4, -0.2) is 53.3 Å². The van der Waals surface area contributed by atoms with E-state index in [0.717, 1.165) is 0 Å². The second kappa shape index (κ2) is 8.65. The van der Waals surface area contributed by atoms with Crippen molar-refractivity contribution in [1.29, 1.82) is 0 Å². The summed E-state index contributed by atoms with van der Waals surface area (Å²) in [7, 11) is 0. The summed E-state index contributed by atoms with van der Waals surface area (Å²) in [6.45, 7) is 4.39. The van der Waals surface area contributed by atoms with Gasteiger partial charge in [-0.3, -0.25) is 14.5 Å². The van der Waals surface area contributed by atoms with E-state index in [2.05, 4.69) is 0 Å². The average molecular weight is 438 g/mol. The summed E-state index contributed by atoms with van der Waals surface area (Å²) in [4.78, 5) is 38.1. The minimum absolute atomic E-state index is 0.0219. The number of ether oxygens (including phenoxy) is 3. The molecule has 2 aliphatic rings. The second-order valence-corrected chi connectivity index (χ2v) is 8.97. The molecule has 1 fully saturated rings. The van der Waals surface area contributed by atoms with Crippen molar-refractivity contribution < 1.29 is 33.0 Å². The Morgan fingerprint density at radius 1 is 1.30 bits per heavy atom. The Morgan fingerprint density at radius 2 is 2.03 bits per heavy atom. The van der Waals surface area contributed by atoms with Crippen LogP contribution in [0.3, 0.4) is 0 Å². The van der Waals surface area contributed by atoms with Crippen LogP contribution in [0.5, 0.6) is 5.75 Å². The molecule has 1 unspecified atom stereocenters. The van der Waals surface area contributed by atoms with Crippen molar-refractivity contribution in [1.82, 2.24) is 4.90 Å². The Labute approximate surface area is 177 Å². The van der Waals surface area contributed by atoms with Gasteiger partial charge in [-0.05, 0) is 32.9 Å². The molecule has 0 spiro atoms. The quantitative estimate of drug-likeness (QED) is 0.407. The smallest absolute Gasteiger partial charge is 0.358 e. The number of benzene rings is 1. The number of amides is 1. The maximum absolute atomic E-state index is 13.4. The fourth-order valence-corrected chi connectivity index (χ4v) is 4.10. The van der Waals surface area contributed by atoms with E-state index >= 15 is 0 Å². The van der Waals surface area contributed by atoms with Gasteiger partial charge in [0, 0.05) is 17.4 Å². The summed E-state index contributed by atoms with van der Waals surface area (Å²) < 4.78 is 29.0. The number of rotatable bonds is 6. The fourth-order valence-electron chi connectivity index (χ4n) is 2.83. The SMILES string of the molecule is CC(C)(C)C(=O)OCOC(=O)C1=C(COc2cccc(F)c2)CS[C@H]2C(N)C(=O)N12. The molecule has 0 saturated carbocycles. The van der Waals surface area contributed by atoms with Crippen LogP contribution in [0.25, 0.3) is 0 Å². The molecule has 10 heteroatoms. The van der Waals surface area contributed by atoms with Crippen molar-refractivity contribution >= 4 is 29.6 Å². The van der Waals surface area contributed by atoms with E-state index in [-0.39, 0.29) is 23.4 Å². The molecule has 1 amide bonds. The zero-order valence-electron chi connectivity index (χ0n) is 16.8. The molecule has 2 N–H and O–H groups in total. The van der Waals surface area contributed by atoms with Gasteiger partial charge in [-0.1, -0.05) is 6.07 Å². The Bertz CT molecular complexity index is 898. The minimum atomic E-state index is -0.819. The van der Waals surface area contributed by atoms with Gasteiger partial charge < -0.3 is 19.9 Å². The van der Waals surface area contributed by atoms with Gasteiger partial charge in [-0.15, -0.1) is 11.8 Å². The molecule has 2 aliphatic heterocycles. The lowest BCUT2D eigenvalue weighted by molar-refractivity contribution is -0.173. The standard InChI is InChI=1S/C20H23FN2O6S/c1-20(2,3)19(26)29-10-28-18(25)15-11(8-27-13-6-4-5-12(21)7-13)9-30-17-14(22)16(24)23(15)17/h4-7,14,17H,8-10,22H2,1-3H3/t14?,17-/m0/s1. The molecule has 1 aromatic rings. The predicted octanol–water partition coefficient (Wildman–Crippen LogP) is 1.79. The lowest BCUT2D eigenvalue weighted by atomic mass is 9.98. The van der Waals surface area contributed by atoms with Gasteiger partial charge >= 0.3 is 11.9 Å². The van der Waals surface area contributed by atoms with E-state index in [9.17, 15) is 18.8 Å². The van der Waals surface area contributed by atoms with Crippen LogP contribution in [-0.2, 0) is 23.9 Å². The van der Waals surface area contributed by atoms with E-state index in [4.69, 9.17) is 19.9 Å². The lowest BCUT2D eigenvalue weighted by Gasteiger charge is -2.48. The Balaban J connectivity index is 1.74. The van der Waals surface area contributed by atoms with Crippen molar-refractivity contribution in [3.8, 4) is 5.75 Å². The lowest BCUT2D eigenvalue weighted by Crippen LogP contribution is -2.68. The molecule has 2 atom stereocenters. The zero-order valence-corrected chi connectivity index (χ0v) is 17.7. The molecule has 1 aromatic carbocycles. The predicted molar refractivity (Wildman–Crippen MR) is 106 cm³/mol. The van der Waals surface area contributed by atoms with Crippen LogP contribution in [0, 0.1) is 11.2 Å². The molecule has 1 saturated heterocycles. The molecule has 0 aromatic heterocycles. The number of β-lactam (4-membered cyclic amide) rings is 1. The number of esters is 2. The van der Waals surface area contributed by atoms with Gasteiger partial charge in [-0.2, -0.15) is 0 Å². The number of nitrogens with two attached hydrogens (primary N) is 1. The van der Waals surface area contributed by atoms with E-state index in [1.165, 1.54) is 34.9 Å². The van der Waals surface area contributed by atoms with Crippen molar-refractivity contribution in [2.45, 2.75) is 32.2 Å². The summed E-state index contributed by atoms with van der Waals surface area (Å²) in [5, 5.41) is -0.380. The van der Waals surface area contributed by atoms with Gasteiger partial charge in [-0.25, -0.2) is 9.18 Å². The van der Waals surface area contributed by atoms with Gasteiger partial charge in [0.1, 0.15) is 35.3 Å². The molecule has 2 heterocycles. The minimum Gasteiger partial charge on any atom is -0.489 e. The molecule has 0 bridgehead atoms. The van der Waals surface area contributed by atoms with Crippen molar-refractivity contribution in [2.75, 3.05) is 19.2 Å². The Morgan fingerprint density at radius 3 is 2.70 bits per heavy atom. The average Bonchev–Trinajstić information content (AvgIpc) is 2.70. The second-order valence-electron chi connectivity index (χ2n) is 7.87. The van der Waals surface area contributed by atoms with Gasteiger partial charge in [0.15, 0.2) is 0 Å². The summed E-state index contributed by atoms with van der Waals surface area (Å²) in [6, 6.07) is 4.88. The number of thioether (sulfide) groups is 1. The molecule has 0 aliphatic carbocycles. The number of carbonyl (C=O) groups is 3. The monoisotopic (exact) mass is 438 g/mol. The highest BCUT2D eigenvalue weighted by molar-refractivity contribution is 8.00. The molecular formula is C20H23FN2O6S. The molecule has 0 radical (unpaired) electrons. The Kier molecular flexibility index (Phi) is 6.37. The summed E-state index contributed by atoms with van der Waals surface area (Å²) in [5.74, 6) is -1.55. The van der Waals surface area contributed by atoms with E-state index in [1.54, 1.807) is 26.8 Å². The first-order valence-electron chi connectivity index (χ1n) is 9.24. The van der Waals surface area contributed by atoms with Gasteiger partial charge in [0.25, 0.3) is 0 Å². The first-order valence-corrected chi connectivity index (χ1v) is 10.3. The van der Waals surface area contributed by atoms with E-state index < -0.39 is 41.9 Å². The third kappa shape index (κ3) is 4.59. The summed E-state index contributed by atoms with van der Waals surface area (Å²) in [5.41, 5.74) is 5.59. The third-order valence-electron chi connectivity index (χ3n) is 4.48. The molecule has 30 heavy (non-hydrogen) atoms. The van der Waals surface area contributed by atoms with Crippen LogP contribution in [0.2, 0.25) is 0 Å². The van der Waals surface area contributed by atoms with Crippen LogP contribution in [0.15, 0.2) is 35.5 Å². The zero-order chi connectivity index (χ0) is 22.1. The van der Waals surface area contributed by atoms with E-state index in [1.807, 2.05) is 0 Å². The fraction of sp³-hybridized carbons (Fsp3) is 0.450. The number of hydrogen-bond donors (Lipinski definition) is 1. The summed E-state index contributed by atoms with van der Waals surface area (Å²) in [6.07, 6.45) is 0. The maximum atomic E-state index is 13.4. The number of nitrogens with zero attached hydrogens (tertiary/aromatic N) is 1. The third-order valence-corrected chi connectivity index (χ3v) is 5.84. The molecule has 8 nitrogen and oxygen atoms in total. The number of carbonyl (C=O) groups excluding carboxylic acids is 3. The largest absolute Gasteiger partial charge is 0.489 e.